The van der Waals surface area contributed by atoms with Gasteiger partial charge in [-0.05, 0) is 60.1 Å². The van der Waals surface area contributed by atoms with Gasteiger partial charge in [0.2, 0.25) is 11.8 Å². The third-order valence-corrected chi connectivity index (χ3v) is 7.79. The molecule has 1 aliphatic carbocycles. The van der Waals surface area contributed by atoms with Gasteiger partial charge in [0, 0.05) is 5.92 Å². The molecule has 2 aromatic carbocycles. The number of halogens is 1. The molecule has 4 atom stereocenters. The molecule has 1 heterocycles. The normalized spacial score (nSPS) is 22.0. The lowest BCUT2D eigenvalue weighted by Crippen LogP contribution is -2.40. The predicted octanol–water partition coefficient (Wildman–Crippen LogP) is 4.69. The zero-order valence-electron chi connectivity index (χ0n) is 22.5. The summed E-state index contributed by atoms with van der Waals surface area (Å²) in [5.41, 5.74) is 3.59. The molecule has 0 spiro atoms. The number of phenolic OH excluding ortho intramolecular Hbond substituents is 1. The van der Waals surface area contributed by atoms with Gasteiger partial charge in [-0.1, -0.05) is 61.4 Å². The van der Waals surface area contributed by atoms with Crippen LogP contribution < -0.4 is 0 Å². The lowest BCUT2D eigenvalue weighted by atomic mass is 9.67. The Morgan fingerprint density at radius 3 is 2.52 bits per heavy atom. The predicted molar refractivity (Wildman–Crippen MR) is 146 cm³/mol. The maximum absolute atomic E-state index is 14.0. The molecule has 9 heteroatoms. The number of amides is 3. The number of hydrogen-bond acceptors (Lipinski definition) is 7. The second kappa shape index (κ2) is 12.6. The minimum Gasteiger partial charge on any atom is -0.505 e. The summed E-state index contributed by atoms with van der Waals surface area (Å²) in [5.74, 6) is -5.14. The number of likely N-dealkylation sites (tertiary alicyclic amines) is 1. The van der Waals surface area contributed by atoms with E-state index in [0.29, 0.717) is 28.9 Å². The van der Waals surface area contributed by atoms with E-state index in [0.717, 1.165) is 30.2 Å². The summed E-state index contributed by atoms with van der Waals surface area (Å²) in [7, 11) is 1.09. The van der Waals surface area contributed by atoms with Crippen LogP contribution in [-0.2, 0) is 14.3 Å². The van der Waals surface area contributed by atoms with Crippen LogP contribution in [0.3, 0.4) is 0 Å². The van der Waals surface area contributed by atoms with Gasteiger partial charge in [0.15, 0.2) is 11.6 Å². The Morgan fingerprint density at radius 1 is 1.18 bits per heavy atom. The largest absolute Gasteiger partial charge is 0.505 e. The van der Waals surface area contributed by atoms with Crippen molar-refractivity contribution in [1.29, 1.82) is 0 Å². The molecule has 0 bridgehead atoms. The van der Waals surface area contributed by atoms with E-state index >= 15 is 0 Å². The first-order valence-electron chi connectivity index (χ1n) is 13.4. The van der Waals surface area contributed by atoms with Crippen LogP contribution in [-0.4, -0.2) is 57.9 Å². The molecule has 40 heavy (non-hydrogen) atoms. The van der Waals surface area contributed by atoms with Gasteiger partial charge in [-0.25, -0.2) is 9.18 Å². The molecule has 2 aliphatic rings. The number of aromatic hydroxyl groups is 1. The molecule has 0 radical (unpaired) electrons. The molecule has 2 aromatic rings. The standard InChI is InChI=1S/C31H34FNO7/c1-3-7-21-16-22-28(30(38)33(29(22)37)31(39)40-2)23(17-34)27(21)26(36)13-11-20(19-8-5-4-6-9-19)14-18-10-12-25(35)24(32)15-18/h4-6,8-10,12,14-15,22-23,26,28,34-36H,3,7,11,13,16-17H2,1-2H3/b20-14-/t22-,23+,26-,28-/m1/s1. The number of aliphatic hydroxyl groups excluding tert-OH is 2. The number of benzene rings is 2. The quantitative estimate of drug-likeness (QED) is 0.235. The first kappa shape index (κ1) is 29.2. The van der Waals surface area contributed by atoms with Crippen molar-refractivity contribution >= 4 is 29.6 Å². The van der Waals surface area contributed by atoms with Crippen molar-refractivity contribution in [2.45, 2.75) is 45.1 Å². The van der Waals surface area contributed by atoms with E-state index < -0.39 is 59.9 Å². The van der Waals surface area contributed by atoms with Crippen LogP contribution in [0.4, 0.5) is 9.18 Å². The molecule has 1 aliphatic heterocycles. The molecule has 1 saturated heterocycles. The molecule has 0 unspecified atom stereocenters. The molecular weight excluding hydrogens is 517 g/mol. The smallest absolute Gasteiger partial charge is 0.423 e. The minimum absolute atomic E-state index is 0.216. The number of aliphatic hydroxyl groups is 2. The Hall–Kier alpha value is -3.82. The minimum atomic E-state index is -1.05. The summed E-state index contributed by atoms with van der Waals surface area (Å²) in [6, 6.07) is 13.5. The van der Waals surface area contributed by atoms with E-state index in [1.165, 1.54) is 12.1 Å². The molecule has 3 N–H and O–H groups in total. The van der Waals surface area contributed by atoms with Gasteiger partial charge in [0.05, 0.1) is 31.7 Å². The van der Waals surface area contributed by atoms with Crippen molar-refractivity contribution < 1.29 is 38.8 Å². The zero-order chi connectivity index (χ0) is 29.0. The molecule has 212 valence electrons. The highest BCUT2D eigenvalue weighted by atomic mass is 19.1. The second-order valence-electron chi connectivity index (χ2n) is 10.2. The Labute approximate surface area is 232 Å². The summed E-state index contributed by atoms with van der Waals surface area (Å²) in [4.78, 5) is 38.9. The maximum atomic E-state index is 14.0. The van der Waals surface area contributed by atoms with Crippen molar-refractivity contribution in [3.63, 3.8) is 0 Å². The van der Waals surface area contributed by atoms with E-state index in [1.807, 2.05) is 37.3 Å². The number of imide groups is 3. The Kier molecular flexibility index (Phi) is 9.17. The number of carbonyl (C=O) groups is 3. The second-order valence-corrected chi connectivity index (χ2v) is 10.2. The number of fused-ring (bicyclic) bond motifs is 1. The van der Waals surface area contributed by atoms with E-state index in [1.54, 1.807) is 12.1 Å². The van der Waals surface area contributed by atoms with Crippen molar-refractivity contribution in [3.05, 3.63) is 76.6 Å². The summed E-state index contributed by atoms with van der Waals surface area (Å²) in [6.07, 6.45) is 1.84. The van der Waals surface area contributed by atoms with Crippen LogP contribution in [0.25, 0.3) is 11.6 Å². The van der Waals surface area contributed by atoms with Gasteiger partial charge in [0.1, 0.15) is 0 Å². The van der Waals surface area contributed by atoms with Crippen LogP contribution in [0.5, 0.6) is 5.75 Å². The summed E-state index contributed by atoms with van der Waals surface area (Å²) >= 11 is 0. The number of phenols is 1. The lowest BCUT2D eigenvalue weighted by Gasteiger charge is -2.36. The first-order valence-corrected chi connectivity index (χ1v) is 13.4. The van der Waals surface area contributed by atoms with E-state index in [2.05, 4.69) is 4.74 Å². The fourth-order valence-electron chi connectivity index (χ4n) is 5.98. The number of nitrogens with zero attached hydrogens (tertiary/aromatic N) is 1. The van der Waals surface area contributed by atoms with Crippen LogP contribution in [0.15, 0.2) is 59.7 Å². The average Bonchev–Trinajstić information content (AvgIpc) is 3.21. The van der Waals surface area contributed by atoms with Crippen molar-refractivity contribution in [1.82, 2.24) is 4.90 Å². The van der Waals surface area contributed by atoms with Gasteiger partial charge in [0.25, 0.3) is 0 Å². The van der Waals surface area contributed by atoms with Gasteiger partial charge >= 0.3 is 6.09 Å². The molecule has 0 aromatic heterocycles. The number of allylic oxidation sites excluding steroid dienone is 2. The monoisotopic (exact) mass is 551 g/mol. The third-order valence-electron chi connectivity index (χ3n) is 7.79. The fraction of sp³-hybridized carbons (Fsp3) is 0.387. The molecule has 4 rings (SSSR count). The third kappa shape index (κ3) is 5.71. The Bertz CT molecular complexity index is 1340. The maximum Gasteiger partial charge on any atom is 0.423 e. The Morgan fingerprint density at radius 2 is 1.90 bits per heavy atom. The number of methoxy groups -OCH3 is 1. The van der Waals surface area contributed by atoms with Crippen LogP contribution >= 0.6 is 0 Å². The summed E-state index contributed by atoms with van der Waals surface area (Å²) < 4.78 is 18.7. The molecule has 8 nitrogen and oxygen atoms in total. The highest BCUT2D eigenvalue weighted by Crippen LogP contribution is 2.47. The fourth-order valence-corrected chi connectivity index (χ4v) is 5.98. The number of carbonyl (C=O) groups excluding carboxylic acids is 3. The highest BCUT2D eigenvalue weighted by molar-refractivity contribution is 6.16. The van der Waals surface area contributed by atoms with Gasteiger partial charge in [-0.15, -0.1) is 0 Å². The zero-order valence-corrected chi connectivity index (χ0v) is 22.5. The highest BCUT2D eigenvalue weighted by Gasteiger charge is 2.57. The van der Waals surface area contributed by atoms with E-state index in [9.17, 15) is 34.1 Å². The van der Waals surface area contributed by atoms with E-state index in [-0.39, 0.29) is 12.8 Å². The number of ether oxygens (including phenoxy) is 1. The molecule has 0 saturated carbocycles. The lowest BCUT2D eigenvalue weighted by molar-refractivity contribution is -0.137. The summed E-state index contributed by atoms with van der Waals surface area (Å²) in [5, 5.41) is 31.5. The molecular formula is C31H34FNO7. The first-order chi connectivity index (χ1) is 19.2. The summed E-state index contributed by atoms with van der Waals surface area (Å²) in [6.45, 7) is 1.50. The topological polar surface area (TPSA) is 124 Å². The molecule has 3 amide bonds. The number of hydrogen-bond donors (Lipinski definition) is 3. The van der Waals surface area contributed by atoms with E-state index in [4.69, 9.17) is 0 Å². The van der Waals surface area contributed by atoms with Crippen LogP contribution in [0, 0.1) is 23.6 Å². The van der Waals surface area contributed by atoms with Crippen LogP contribution in [0.1, 0.15) is 50.2 Å². The Balaban J connectivity index is 1.65. The molecule has 1 fully saturated rings. The van der Waals surface area contributed by atoms with Crippen molar-refractivity contribution in [2.75, 3.05) is 13.7 Å². The van der Waals surface area contributed by atoms with Gasteiger partial charge in [-0.2, -0.15) is 4.90 Å². The number of rotatable bonds is 9. The van der Waals surface area contributed by atoms with Crippen molar-refractivity contribution in [2.24, 2.45) is 17.8 Å². The van der Waals surface area contributed by atoms with Gasteiger partial charge in [-0.3, -0.25) is 9.59 Å². The van der Waals surface area contributed by atoms with Gasteiger partial charge < -0.3 is 20.1 Å². The van der Waals surface area contributed by atoms with Crippen LogP contribution in [0.2, 0.25) is 0 Å². The average molecular weight is 552 g/mol. The SMILES string of the molecule is CCCC1=C([C@H](O)CC/C(=C/c2ccc(O)c(F)c2)c2ccccc2)[C@H](CO)[C@@H]2C(=O)N(C(=O)OC)C(=O)[C@@H]2C1. The van der Waals surface area contributed by atoms with Crippen molar-refractivity contribution in [3.8, 4) is 5.75 Å².